The molecule has 0 spiro atoms. The standard InChI is InChI=1S/C9H15NO2.C2HF3O2/c11-9(12)8-5-4-7-3-1-2-6-10(7)8;3-2(4,5)1(6)7/h7-8H,1-6H2,(H,11,12);(H,6,7). The molecule has 0 saturated carbocycles. The first-order chi connectivity index (χ1) is 8.73. The van der Waals surface area contributed by atoms with Crippen molar-refractivity contribution in [2.75, 3.05) is 6.54 Å². The third-order valence-electron chi connectivity index (χ3n) is 3.37. The van der Waals surface area contributed by atoms with Gasteiger partial charge in [0.05, 0.1) is 0 Å². The van der Waals surface area contributed by atoms with Gasteiger partial charge in [0.15, 0.2) is 0 Å². The minimum absolute atomic E-state index is 0.171. The maximum absolute atomic E-state index is 10.8. The lowest BCUT2D eigenvalue weighted by Gasteiger charge is -2.31. The zero-order valence-corrected chi connectivity index (χ0v) is 10.2. The van der Waals surface area contributed by atoms with Gasteiger partial charge in [0.2, 0.25) is 0 Å². The van der Waals surface area contributed by atoms with Crippen molar-refractivity contribution >= 4 is 11.9 Å². The fraction of sp³-hybridized carbons (Fsp3) is 0.818. The number of hydrogen-bond donors (Lipinski definition) is 2. The highest BCUT2D eigenvalue weighted by atomic mass is 19.4. The normalized spacial score (nSPS) is 27.1. The van der Waals surface area contributed by atoms with E-state index in [0.29, 0.717) is 6.04 Å². The minimum Gasteiger partial charge on any atom is -0.480 e. The molecule has 0 radical (unpaired) electrons. The average Bonchev–Trinajstić information content (AvgIpc) is 2.72. The number of hydrogen-bond acceptors (Lipinski definition) is 3. The summed E-state index contributed by atoms with van der Waals surface area (Å²) < 4.78 is 31.7. The molecular weight excluding hydrogens is 267 g/mol. The predicted molar refractivity (Wildman–Crippen MR) is 58.7 cm³/mol. The van der Waals surface area contributed by atoms with Crippen LogP contribution in [0.3, 0.4) is 0 Å². The van der Waals surface area contributed by atoms with E-state index in [1.54, 1.807) is 0 Å². The van der Waals surface area contributed by atoms with Crippen molar-refractivity contribution in [2.24, 2.45) is 0 Å². The number of halogens is 3. The van der Waals surface area contributed by atoms with E-state index in [1.807, 2.05) is 0 Å². The van der Waals surface area contributed by atoms with Gasteiger partial charge in [-0.1, -0.05) is 6.42 Å². The maximum Gasteiger partial charge on any atom is 0.490 e. The summed E-state index contributed by atoms with van der Waals surface area (Å²) >= 11 is 0. The molecule has 8 heteroatoms. The molecule has 2 atom stereocenters. The van der Waals surface area contributed by atoms with Crippen molar-refractivity contribution in [3.05, 3.63) is 0 Å². The molecule has 0 aliphatic carbocycles. The minimum atomic E-state index is -5.08. The summed E-state index contributed by atoms with van der Waals surface area (Å²) in [5, 5.41) is 16.0. The highest BCUT2D eigenvalue weighted by Gasteiger charge is 2.39. The Kier molecular flexibility index (Phi) is 5.16. The topological polar surface area (TPSA) is 77.8 Å². The first kappa shape index (κ1) is 15.7. The van der Waals surface area contributed by atoms with E-state index in [1.165, 1.54) is 19.3 Å². The third kappa shape index (κ3) is 4.38. The molecule has 0 aromatic rings. The Morgan fingerprint density at radius 1 is 1.05 bits per heavy atom. The second-order valence-corrected chi connectivity index (χ2v) is 4.62. The van der Waals surface area contributed by atoms with Gasteiger partial charge in [-0.2, -0.15) is 13.2 Å². The molecule has 19 heavy (non-hydrogen) atoms. The van der Waals surface area contributed by atoms with Crippen LogP contribution in [0.5, 0.6) is 0 Å². The zero-order chi connectivity index (χ0) is 14.6. The molecule has 0 bridgehead atoms. The van der Waals surface area contributed by atoms with E-state index in [0.717, 1.165) is 19.4 Å². The zero-order valence-electron chi connectivity index (χ0n) is 10.2. The number of carbonyl (C=O) groups is 2. The van der Waals surface area contributed by atoms with Crippen molar-refractivity contribution in [3.8, 4) is 0 Å². The Morgan fingerprint density at radius 3 is 2.11 bits per heavy atom. The van der Waals surface area contributed by atoms with Crippen LogP contribution in [0.4, 0.5) is 13.2 Å². The first-order valence-corrected chi connectivity index (χ1v) is 6.02. The molecule has 0 aromatic heterocycles. The summed E-state index contributed by atoms with van der Waals surface area (Å²) in [4.78, 5) is 21.9. The fourth-order valence-corrected chi connectivity index (χ4v) is 2.52. The molecule has 2 saturated heterocycles. The number of rotatable bonds is 1. The molecular formula is C11H16F3NO4. The van der Waals surface area contributed by atoms with Crippen LogP contribution in [0.1, 0.15) is 32.1 Å². The Bertz CT molecular complexity index is 345. The van der Waals surface area contributed by atoms with Crippen LogP contribution in [0.15, 0.2) is 0 Å². The quantitative estimate of drug-likeness (QED) is 0.766. The van der Waals surface area contributed by atoms with Gasteiger partial charge in [0.25, 0.3) is 0 Å². The largest absolute Gasteiger partial charge is 0.490 e. The van der Waals surface area contributed by atoms with Crippen LogP contribution in [0, 0.1) is 0 Å². The predicted octanol–water partition coefficient (Wildman–Crippen LogP) is 1.72. The summed E-state index contributed by atoms with van der Waals surface area (Å²) in [5.41, 5.74) is 0. The molecule has 2 aliphatic rings. The second kappa shape index (κ2) is 6.23. The highest BCUT2D eigenvalue weighted by Crippen LogP contribution is 2.31. The lowest BCUT2D eigenvalue weighted by Crippen LogP contribution is -2.43. The second-order valence-electron chi connectivity index (χ2n) is 4.62. The van der Waals surface area contributed by atoms with E-state index in [9.17, 15) is 18.0 Å². The van der Waals surface area contributed by atoms with Gasteiger partial charge in [-0.3, -0.25) is 9.69 Å². The molecule has 2 rings (SSSR count). The molecule has 2 unspecified atom stereocenters. The third-order valence-corrected chi connectivity index (χ3v) is 3.37. The van der Waals surface area contributed by atoms with Crippen molar-refractivity contribution in [1.82, 2.24) is 4.90 Å². The van der Waals surface area contributed by atoms with Crippen molar-refractivity contribution in [1.29, 1.82) is 0 Å². The molecule has 2 N–H and O–H groups in total. The Balaban J connectivity index is 0.000000224. The molecule has 2 aliphatic heterocycles. The summed E-state index contributed by atoms with van der Waals surface area (Å²) in [6.45, 7) is 1.00. The first-order valence-electron chi connectivity index (χ1n) is 6.02. The van der Waals surface area contributed by atoms with Gasteiger partial charge in [0.1, 0.15) is 6.04 Å². The van der Waals surface area contributed by atoms with Crippen LogP contribution < -0.4 is 0 Å². The lowest BCUT2D eigenvalue weighted by atomic mass is 10.0. The Labute approximate surface area is 108 Å². The van der Waals surface area contributed by atoms with Gasteiger partial charge in [-0.05, 0) is 32.2 Å². The number of fused-ring (bicyclic) bond motifs is 1. The lowest BCUT2D eigenvalue weighted by molar-refractivity contribution is -0.192. The summed E-state index contributed by atoms with van der Waals surface area (Å²) in [6, 6.07) is 0.412. The SMILES string of the molecule is O=C(O)C(F)(F)F.O=C(O)C1CCC2CCCCN21. The van der Waals surface area contributed by atoms with E-state index in [4.69, 9.17) is 15.0 Å². The van der Waals surface area contributed by atoms with E-state index in [-0.39, 0.29) is 6.04 Å². The number of piperidine rings is 1. The molecule has 110 valence electrons. The number of nitrogens with zero attached hydrogens (tertiary/aromatic N) is 1. The number of carboxylic acid groups (broad SMARTS) is 2. The van der Waals surface area contributed by atoms with Gasteiger partial charge in [0, 0.05) is 6.04 Å². The molecule has 0 aromatic carbocycles. The smallest absolute Gasteiger partial charge is 0.480 e. The molecule has 0 amide bonds. The van der Waals surface area contributed by atoms with Crippen LogP contribution in [-0.4, -0.2) is 51.9 Å². The van der Waals surface area contributed by atoms with Crippen LogP contribution >= 0.6 is 0 Å². The summed E-state index contributed by atoms with van der Waals surface area (Å²) in [6.07, 6.45) is 0.550. The van der Waals surface area contributed by atoms with Crippen LogP contribution in [0.2, 0.25) is 0 Å². The van der Waals surface area contributed by atoms with E-state index < -0.39 is 18.1 Å². The Hall–Kier alpha value is -1.31. The summed E-state index contributed by atoms with van der Waals surface area (Å²) in [7, 11) is 0. The molecule has 2 heterocycles. The fourth-order valence-electron chi connectivity index (χ4n) is 2.52. The van der Waals surface area contributed by atoms with Crippen molar-refractivity contribution < 1.29 is 33.0 Å². The summed E-state index contributed by atoms with van der Waals surface area (Å²) in [5.74, 6) is -3.38. The Morgan fingerprint density at radius 2 is 1.63 bits per heavy atom. The van der Waals surface area contributed by atoms with Crippen molar-refractivity contribution in [3.63, 3.8) is 0 Å². The van der Waals surface area contributed by atoms with Gasteiger partial charge in [-0.15, -0.1) is 0 Å². The van der Waals surface area contributed by atoms with E-state index in [2.05, 4.69) is 4.90 Å². The van der Waals surface area contributed by atoms with Gasteiger partial charge < -0.3 is 10.2 Å². The molecule has 5 nitrogen and oxygen atoms in total. The number of aliphatic carboxylic acids is 2. The van der Waals surface area contributed by atoms with Crippen molar-refractivity contribution in [2.45, 2.75) is 50.4 Å². The van der Waals surface area contributed by atoms with Gasteiger partial charge >= 0.3 is 18.1 Å². The number of alkyl halides is 3. The van der Waals surface area contributed by atoms with E-state index >= 15 is 0 Å². The van der Waals surface area contributed by atoms with Crippen LogP contribution in [-0.2, 0) is 9.59 Å². The molecule has 2 fully saturated rings. The van der Waals surface area contributed by atoms with Gasteiger partial charge in [-0.25, -0.2) is 4.79 Å². The number of carboxylic acids is 2. The maximum atomic E-state index is 10.8. The highest BCUT2D eigenvalue weighted by molar-refractivity contribution is 5.74. The van der Waals surface area contributed by atoms with Crippen LogP contribution in [0.25, 0.3) is 0 Å². The average molecular weight is 283 g/mol. The monoisotopic (exact) mass is 283 g/mol.